The number of hydrogen-bond acceptors (Lipinski definition) is 4. The second-order valence-electron chi connectivity index (χ2n) is 7.69. The molecule has 3 rings (SSSR count). The molecule has 26 heavy (non-hydrogen) atoms. The van der Waals surface area contributed by atoms with Crippen molar-refractivity contribution in [3.05, 3.63) is 17.5 Å². The monoisotopic (exact) mass is 475 g/mol. The maximum atomic E-state index is 5.38. The Labute approximate surface area is 174 Å². The predicted molar refractivity (Wildman–Crippen MR) is 116 cm³/mol. The number of nitrogens with zero attached hydrogens (tertiary/aromatic N) is 3. The zero-order valence-corrected chi connectivity index (χ0v) is 18.7. The van der Waals surface area contributed by atoms with Gasteiger partial charge >= 0.3 is 0 Å². The number of hydrogen-bond donors (Lipinski definition) is 2. The highest BCUT2D eigenvalue weighted by atomic mass is 127. The maximum Gasteiger partial charge on any atom is 0.191 e. The quantitative estimate of drug-likeness (QED) is 0.388. The van der Waals surface area contributed by atoms with E-state index in [9.17, 15) is 0 Å². The Morgan fingerprint density at radius 3 is 2.54 bits per heavy atom. The molecule has 1 aromatic heterocycles. The lowest BCUT2D eigenvalue weighted by Gasteiger charge is -2.36. The van der Waals surface area contributed by atoms with E-state index in [1.54, 1.807) is 0 Å². The van der Waals surface area contributed by atoms with Crippen LogP contribution in [0.1, 0.15) is 69.7 Å². The average molecular weight is 475 g/mol. The van der Waals surface area contributed by atoms with Crippen LogP contribution in [-0.2, 0) is 6.54 Å². The zero-order valence-electron chi connectivity index (χ0n) is 16.3. The molecule has 1 saturated heterocycles. The summed E-state index contributed by atoms with van der Waals surface area (Å²) in [4.78, 5) is 7.05. The van der Waals surface area contributed by atoms with Gasteiger partial charge in [-0.15, -0.1) is 24.0 Å². The van der Waals surface area contributed by atoms with Crippen LogP contribution in [0.2, 0.25) is 0 Å². The van der Waals surface area contributed by atoms with Crippen molar-refractivity contribution >= 4 is 29.9 Å². The molecule has 0 amide bonds. The molecule has 1 saturated carbocycles. The van der Waals surface area contributed by atoms with Crippen LogP contribution in [0, 0.1) is 0 Å². The largest absolute Gasteiger partial charge is 0.359 e. The van der Waals surface area contributed by atoms with Gasteiger partial charge in [0.25, 0.3) is 0 Å². The van der Waals surface area contributed by atoms with E-state index >= 15 is 0 Å². The molecule has 0 spiro atoms. The van der Waals surface area contributed by atoms with E-state index in [4.69, 9.17) is 4.52 Å². The first-order chi connectivity index (χ1) is 12.2. The van der Waals surface area contributed by atoms with E-state index in [0.29, 0.717) is 18.5 Å². The minimum atomic E-state index is 0. The van der Waals surface area contributed by atoms with Crippen LogP contribution in [-0.4, -0.2) is 48.2 Å². The molecule has 2 N–H and O–H groups in total. The van der Waals surface area contributed by atoms with Gasteiger partial charge in [0.1, 0.15) is 0 Å². The summed E-state index contributed by atoms with van der Waals surface area (Å²) in [5.74, 6) is 2.09. The Morgan fingerprint density at radius 1 is 1.27 bits per heavy atom. The topological polar surface area (TPSA) is 65.7 Å². The lowest BCUT2D eigenvalue weighted by molar-refractivity contribution is 0.150. The molecule has 7 heteroatoms. The number of aliphatic imine (C=N–C) groups is 1. The first-order valence-corrected chi connectivity index (χ1v) is 9.82. The van der Waals surface area contributed by atoms with Crippen molar-refractivity contribution in [1.82, 2.24) is 20.7 Å². The molecule has 2 heterocycles. The first-order valence-electron chi connectivity index (χ1n) is 9.82. The fourth-order valence-electron chi connectivity index (χ4n) is 3.92. The second-order valence-corrected chi connectivity index (χ2v) is 7.69. The van der Waals surface area contributed by atoms with Crippen molar-refractivity contribution in [3.63, 3.8) is 0 Å². The van der Waals surface area contributed by atoms with Crippen LogP contribution in [0.3, 0.4) is 0 Å². The summed E-state index contributed by atoms with van der Waals surface area (Å²) < 4.78 is 5.38. The van der Waals surface area contributed by atoms with Crippen LogP contribution in [0.15, 0.2) is 15.6 Å². The molecule has 0 atom stereocenters. The van der Waals surface area contributed by atoms with Gasteiger partial charge in [-0.1, -0.05) is 31.8 Å². The number of halogens is 1. The van der Waals surface area contributed by atoms with Gasteiger partial charge in [-0.2, -0.15) is 0 Å². The van der Waals surface area contributed by atoms with Crippen LogP contribution in [0.4, 0.5) is 0 Å². The number of guanidine groups is 1. The van der Waals surface area contributed by atoms with Crippen molar-refractivity contribution < 1.29 is 4.52 Å². The SMILES string of the molecule is CN=C(NCc1cc(C(C)C)no1)NC1CCN(C2CCCC2)CC1.I. The summed E-state index contributed by atoms with van der Waals surface area (Å²) in [6, 6.07) is 3.37. The third-order valence-electron chi connectivity index (χ3n) is 5.53. The van der Waals surface area contributed by atoms with Crippen LogP contribution in [0.25, 0.3) is 0 Å². The molecule has 2 fully saturated rings. The highest BCUT2D eigenvalue weighted by Crippen LogP contribution is 2.26. The summed E-state index contributed by atoms with van der Waals surface area (Å²) in [5, 5.41) is 11.0. The summed E-state index contributed by atoms with van der Waals surface area (Å²) in [5.41, 5.74) is 0.999. The molecule has 6 nitrogen and oxygen atoms in total. The molecule has 2 aliphatic rings. The molecular weight excluding hydrogens is 441 g/mol. The fraction of sp³-hybridized carbons (Fsp3) is 0.789. The molecular formula is C19H34IN5O. The minimum Gasteiger partial charge on any atom is -0.359 e. The lowest BCUT2D eigenvalue weighted by Crippen LogP contribution is -2.50. The van der Waals surface area contributed by atoms with Gasteiger partial charge < -0.3 is 20.1 Å². The Kier molecular flexibility index (Phi) is 8.66. The number of piperidine rings is 1. The molecule has 0 unspecified atom stereocenters. The number of likely N-dealkylation sites (tertiary alicyclic amines) is 1. The molecule has 1 aliphatic carbocycles. The van der Waals surface area contributed by atoms with E-state index in [1.807, 2.05) is 13.1 Å². The molecule has 0 bridgehead atoms. The van der Waals surface area contributed by atoms with Gasteiger partial charge in [0, 0.05) is 38.3 Å². The zero-order chi connectivity index (χ0) is 17.6. The molecule has 1 aromatic rings. The maximum absolute atomic E-state index is 5.38. The number of rotatable bonds is 5. The van der Waals surface area contributed by atoms with Crippen molar-refractivity contribution in [2.45, 2.75) is 76.9 Å². The van der Waals surface area contributed by atoms with Crippen molar-refractivity contribution in [3.8, 4) is 0 Å². The molecule has 1 aliphatic heterocycles. The lowest BCUT2D eigenvalue weighted by atomic mass is 10.0. The highest BCUT2D eigenvalue weighted by Gasteiger charge is 2.27. The molecule has 0 aromatic carbocycles. The Hall–Kier alpha value is -0.830. The van der Waals surface area contributed by atoms with Crippen molar-refractivity contribution in [1.29, 1.82) is 0 Å². The van der Waals surface area contributed by atoms with Gasteiger partial charge in [-0.05, 0) is 31.6 Å². The van der Waals surface area contributed by atoms with E-state index in [1.165, 1.54) is 51.6 Å². The normalized spacial score (nSPS) is 20.4. The minimum absolute atomic E-state index is 0. The first kappa shape index (κ1) is 21.5. The van der Waals surface area contributed by atoms with Gasteiger partial charge in [0.05, 0.1) is 12.2 Å². The Morgan fingerprint density at radius 2 is 1.96 bits per heavy atom. The summed E-state index contributed by atoms with van der Waals surface area (Å²) >= 11 is 0. The summed E-state index contributed by atoms with van der Waals surface area (Å²) in [6.07, 6.45) is 8.01. The fourth-order valence-corrected chi connectivity index (χ4v) is 3.92. The predicted octanol–water partition coefficient (Wildman–Crippen LogP) is 3.49. The van der Waals surface area contributed by atoms with Crippen molar-refractivity contribution in [2.75, 3.05) is 20.1 Å². The summed E-state index contributed by atoms with van der Waals surface area (Å²) in [7, 11) is 1.82. The third kappa shape index (κ3) is 5.84. The van der Waals surface area contributed by atoms with Gasteiger partial charge in [0.15, 0.2) is 11.7 Å². The average Bonchev–Trinajstić information content (AvgIpc) is 3.31. The van der Waals surface area contributed by atoms with E-state index in [-0.39, 0.29) is 24.0 Å². The smallest absolute Gasteiger partial charge is 0.191 e. The number of aromatic nitrogens is 1. The van der Waals surface area contributed by atoms with E-state index in [0.717, 1.165) is 23.5 Å². The van der Waals surface area contributed by atoms with Gasteiger partial charge in [-0.25, -0.2) is 0 Å². The second kappa shape index (κ2) is 10.5. The standard InChI is InChI=1S/C19H33N5O.HI/c1-14(2)18-12-17(25-23-18)13-21-19(20-3)22-15-8-10-24(11-9-15)16-6-4-5-7-16;/h12,14-16H,4-11,13H2,1-3H3,(H2,20,21,22);1H. The van der Waals surface area contributed by atoms with Crippen LogP contribution >= 0.6 is 24.0 Å². The van der Waals surface area contributed by atoms with Gasteiger partial charge in [-0.3, -0.25) is 4.99 Å². The van der Waals surface area contributed by atoms with E-state index in [2.05, 4.69) is 39.5 Å². The highest BCUT2D eigenvalue weighted by molar-refractivity contribution is 14.0. The summed E-state index contributed by atoms with van der Waals surface area (Å²) in [6.45, 7) is 7.26. The Balaban J connectivity index is 0.00000243. The van der Waals surface area contributed by atoms with E-state index < -0.39 is 0 Å². The number of nitrogens with one attached hydrogen (secondary N) is 2. The van der Waals surface area contributed by atoms with Crippen LogP contribution in [0.5, 0.6) is 0 Å². The third-order valence-corrected chi connectivity index (χ3v) is 5.53. The Bertz CT molecular complexity index is 560. The molecule has 0 radical (unpaired) electrons. The van der Waals surface area contributed by atoms with Crippen LogP contribution < -0.4 is 10.6 Å². The molecule has 148 valence electrons. The van der Waals surface area contributed by atoms with Gasteiger partial charge in [0.2, 0.25) is 0 Å². The van der Waals surface area contributed by atoms with Crippen molar-refractivity contribution in [2.24, 2.45) is 4.99 Å².